The number of para-hydroxylation sites is 1. The number of halogens is 3. The third-order valence-electron chi connectivity index (χ3n) is 3.77. The Morgan fingerprint density at radius 1 is 1.04 bits per heavy atom. The van der Waals surface area contributed by atoms with Crippen molar-refractivity contribution in [1.82, 2.24) is 4.98 Å². The summed E-state index contributed by atoms with van der Waals surface area (Å²) in [6.07, 6.45) is 1.06. The highest BCUT2D eigenvalue weighted by molar-refractivity contribution is 8.00. The Bertz CT molecular complexity index is 913. The molecule has 3 aromatic rings. The molecule has 0 amide bonds. The minimum absolute atomic E-state index is 0.372. The van der Waals surface area contributed by atoms with Gasteiger partial charge in [-0.15, -0.1) is 22.0 Å². The third kappa shape index (κ3) is 4.14. The van der Waals surface area contributed by atoms with Crippen LogP contribution in [0.4, 0.5) is 11.4 Å². The first-order valence-electron chi connectivity index (χ1n) is 7.83. The van der Waals surface area contributed by atoms with Crippen LogP contribution < -0.4 is 0 Å². The van der Waals surface area contributed by atoms with E-state index in [0.717, 1.165) is 28.0 Å². The lowest BCUT2D eigenvalue weighted by atomic mass is 10.2. The Labute approximate surface area is 165 Å². The van der Waals surface area contributed by atoms with Crippen LogP contribution in [0.25, 0.3) is 10.9 Å². The molecule has 0 aliphatic heterocycles. The summed E-state index contributed by atoms with van der Waals surface area (Å²) < 4.78 is 0. The van der Waals surface area contributed by atoms with Gasteiger partial charge in [0.1, 0.15) is 16.4 Å². The van der Waals surface area contributed by atoms with Crippen molar-refractivity contribution in [2.45, 2.75) is 30.5 Å². The number of fused-ring (bicyclic) bond motifs is 1. The van der Waals surface area contributed by atoms with Gasteiger partial charge in [0.15, 0.2) is 0 Å². The van der Waals surface area contributed by atoms with Gasteiger partial charge in [0, 0.05) is 21.2 Å². The van der Waals surface area contributed by atoms with Crippen molar-refractivity contribution in [3.63, 3.8) is 0 Å². The van der Waals surface area contributed by atoms with Gasteiger partial charge in [-0.25, -0.2) is 0 Å². The third-order valence-corrected chi connectivity index (χ3v) is 5.83. The summed E-state index contributed by atoms with van der Waals surface area (Å²) in [6.45, 7) is 4.35. The molecule has 0 saturated heterocycles. The van der Waals surface area contributed by atoms with Gasteiger partial charge >= 0.3 is 0 Å². The van der Waals surface area contributed by atoms with E-state index in [9.17, 15) is 0 Å². The maximum Gasteiger partial charge on any atom is 0.125 e. The Morgan fingerprint density at radius 3 is 2.36 bits per heavy atom. The predicted octanol–water partition coefficient (Wildman–Crippen LogP) is 8.43. The molecule has 1 atom stereocenters. The van der Waals surface area contributed by atoms with E-state index in [0.29, 0.717) is 26.0 Å². The van der Waals surface area contributed by atoms with Crippen molar-refractivity contribution >= 4 is 68.8 Å². The van der Waals surface area contributed by atoms with Crippen LogP contribution in [-0.4, -0.2) is 10.2 Å². The molecule has 0 aliphatic rings. The van der Waals surface area contributed by atoms with Crippen LogP contribution in [-0.2, 0) is 0 Å². The van der Waals surface area contributed by atoms with Crippen molar-refractivity contribution in [1.29, 1.82) is 0 Å². The number of H-pyrrole nitrogens is 1. The largest absolute Gasteiger partial charge is 0.348 e. The highest BCUT2D eigenvalue weighted by Crippen LogP contribution is 2.42. The number of hydrogen-bond acceptors (Lipinski definition) is 3. The summed E-state index contributed by atoms with van der Waals surface area (Å²) >= 11 is 20.1. The van der Waals surface area contributed by atoms with E-state index in [1.165, 1.54) is 0 Å². The van der Waals surface area contributed by atoms with E-state index in [4.69, 9.17) is 34.8 Å². The van der Waals surface area contributed by atoms with Gasteiger partial charge in [-0.2, -0.15) is 0 Å². The van der Waals surface area contributed by atoms with Gasteiger partial charge in [0.2, 0.25) is 0 Å². The molecule has 3 nitrogen and oxygen atoms in total. The first-order valence-corrected chi connectivity index (χ1v) is 9.84. The quantitative estimate of drug-likeness (QED) is 0.331. The predicted molar refractivity (Wildman–Crippen MR) is 110 cm³/mol. The van der Waals surface area contributed by atoms with E-state index in [1.54, 1.807) is 23.9 Å². The minimum Gasteiger partial charge on any atom is -0.348 e. The number of nitrogens with one attached hydrogen (secondary N) is 1. The van der Waals surface area contributed by atoms with Crippen LogP contribution >= 0.6 is 46.6 Å². The Kier molecular flexibility index (Phi) is 5.95. The van der Waals surface area contributed by atoms with E-state index in [2.05, 4.69) is 29.1 Å². The van der Waals surface area contributed by atoms with E-state index in [1.807, 2.05) is 24.3 Å². The average molecular weight is 413 g/mol. The normalized spacial score (nSPS) is 13.0. The van der Waals surface area contributed by atoms with E-state index >= 15 is 0 Å². The molecule has 0 unspecified atom stereocenters. The molecule has 3 rings (SSSR count). The fraction of sp³-hybridized carbons (Fsp3) is 0.222. The standard InChI is InChI=1S/C18H16Cl3N3S/c1-3-10(2)25-18-16(12-6-4-5-7-15(12)22-18)23-24-17-13(20)8-11(19)9-14(17)21/h4-10,22H,3H2,1-2H3/t10-/m1/s1. The van der Waals surface area contributed by atoms with Gasteiger partial charge < -0.3 is 4.98 Å². The van der Waals surface area contributed by atoms with E-state index < -0.39 is 0 Å². The Hall–Kier alpha value is -1.20. The van der Waals surface area contributed by atoms with Gasteiger partial charge in [-0.1, -0.05) is 66.8 Å². The number of thioether (sulfide) groups is 1. The molecule has 1 N–H and O–H groups in total. The zero-order valence-corrected chi connectivity index (χ0v) is 16.8. The second-order valence-corrected chi connectivity index (χ2v) is 8.30. The highest BCUT2D eigenvalue weighted by atomic mass is 35.5. The van der Waals surface area contributed by atoms with Crippen LogP contribution in [0.15, 0.2) is 51.7 Å². The zero-order chi connectivity index (χ0) is 18.0. The smallest absolute Gasteiger partial charge is 0.125 e. The molecule has 0 spiro atoms. The first kappa shape index (κ1) is 18.6. The molecule has 1 aromatic heterocycles. The van der Waals surface area contributed by atoms with Crippen LogP contribution in [0.5, 0.6) is 0 Å². The number of hydrogen-bond donors (Lipinski definition) is 1. The number of aromatic nitrogens is 1. The lowest BCUT2D eigenvalue weighted by Gasteiger charge is -2.06. The van der Waals surface area contributed by atoms with Crippen molar-refractivity contribution in [3.8, 4) is 0 Å². The summed E-state index contributed by atoms with van der Waals surface area (Å²) in [5, 5.41) is 12.4. The number of aromatic amines is 1. The van der Waals surface area contributed by atoms with Crippen molar-refractivity contribution in [2.75, 3.05) is 0 Å². The van der Waals surface area contributed by atoms with Gasteiger partial charge in [-0.3, -0.25) is 0 Å². The van der Waals surface area contributed by atoms with E-state index in [-0.39, 0.29) is 0 Å². The molecule has 0 radical (unpaired) electrons. The molecular weight excluding hydrogens is 397 g/mol. The summed E-state index contributed by atoms with van der Waals surface area (Å²) in [6, 6.07) is 11.2. The van der Waals surface area contributed by atoms with Gasteiger partial charge in [0.25, 0.3) is 0 Å². The Balaban J connectivity index is 2.07. The lowest BCUT2D eigenvalue weighted by molar-refractivity contribution is 0.902. The molecule has 1 heterocycles. The van der Waals surface area contributed by atoms with Crippen molar-refractivity contribution in [3.05, 3.63) is 51.5 Å². The zero-order valence-electron chi connectivity index (χ0n) is 13.7. The van der Waals surface area contributed by atoms with Crippen LogP contribution in [0, 0.1) is 0 Å². The summed E-state index contributed by atoms with van der Waals surface area (Å²) in [5.74, 6) is 0. The fourth-order valence-corrected chi connectivity index (χ4v) is 4.19. The molecule has 7 heteroatoms. The Morgan fingerprint density at radius 2 is 1.68 bits per heavy atom. The highest BCUT2D eigenvalue weighted by Gasteiger charge is 2.15. The lowest BCUT2D eigenvalue weighted by Crippen LogP contribution is -1.91. The number of rotatable bonds is 5. The molecule has 0 saturated carbocycles. The fourth-order valence-electron chi connectivity index (χ4n) is 2.30. The number of azo groups is 1. The van der Waals surface area contributed by atoms with Crippen LogP contribution in [0.1, 0.15) is 20.3 Å². The van der Waals surface area contributed by atoms with Gasteiger partial charge in [0.05, 0.1) is 10.0 Å². The van der Waals surface area contributed by atoms with Crippen molar-refractivity contribution in [2.24, 2.45) is 10.2 Å². The molecule has 130 valence electrons. The van der Waals surface area contributed by atoms with Crippen LogP contribution in [0.2, 0.25) is 15.1 Å². The molecule has 0 bridgehead atoms. The summed E-state index contributed by atoms with van der Waals surface area (Å²) in [5.41, 5.74) is 2.23. The molecule has 0 aliphatic carbocycles. The minimum atomic E-state index is 0.372. The first-order chi connectivity index (χ1) is 12.0. The maximum absolute atomic E-state index is 6.20. The van der Waals surface area contributed by atoms with Gasteiger partial charge in [-0.05, 0) is 24.6 Å². The average Bonchev–Trinajstić information content (AvgIpc) is 2.91. The maximum atomic E-state index is 6.20. The molecule has 25 heavy (non-hydrogen) atoms. The second kappa shape index (κ2) is 8.00. The SMILES string of the molecule is CC[C@@H](C)Sc1[nH]c2ccccc2c1N=Nc1c(Cl)cc(Cl)cc1Cl. The molecular formula is C18H16Cl3N3S. The second-order valence-electron chi connectivity index (χ2n) is 5.60. The summed E-state index contributed by atoms with van der Waals surface area (Å²) in [7, 11) is 0. The van der Waals surface area contributed by atoms with Crippen molar-refractivity contribution < 1.29 is 0 Å². The summed E-state index contributed by atoms with van der Waals surface area (Å²) in [4.78, 5) is 3.43. The number of benzene rings is 2. The molecule has 0 fully saturated rings. The molecule has 2 aromatic carbocycles. The number of nitrogens with zero attached hydrogens (tertiary/aromatic N) is 2. The topological polar surface area (TPSA) is 40.5 Å². The monoisotopic (exact) mass is 411 g/mol. The van der Waals surface area contributed by atoms with Crippen LogP contribution in [0.3, 0.4) is 0 Å².